The Labute approximate surface area is 160 Å². The topological polar surface area (TPSA) is 42.2 Å². The largest absolute Gasteiger partial charge is 0.464 e. The van der Waals surface area contributed by atoms with Gasteiger partial charge in [0.15, 0.2) is 0 Å². The van der Waals surface area contributed by atoms with Crippen molar-refractivity contribution in [1.29, 1.82) is 0 Å². The number of hydrogen-bond donors (Lipinski definition) is 1. The molecule has 1 aromatic heterocycles. The van der Waals surface area contributed by atoms with Crippen molar-refractivity contribution in [2.45, 2.75) is 52.5 Å². The van der Waals surface area contributed by atoms with E-state index < -0.39 is 0 Å². The van der Waals surface area contributed by atoms with Gasteiger partial charge in [-0.15, -0.1) is 0 Å². The molecule has 3 heteroatoms. The molecule has 0 spiro atoms. The van der Waals surface area contributed by atoms with Crippen LogP contribution in [0.5, 0.6) is 0 Å². The third-order valence-corrected chi connectivity index (χ3v) is 8.02. The predicted octanol–water partition coefficient (Wildman–Crippen LogP) is 5.46. The Hall–Kier alpha value is -2.29. The standard InChI is InChI=1S/C24H27NO2/c1-23(2)17-10-11-24(23,3)20(13-17)25-21(26)12-16-14-27-19-9-8-15-6-4-5-7-18(15)22(16)19/h4-9,14,17,20H,10-13H2,1-3H3,(H,25,26). The summed E-state index contributed by atoms with van der Waals surface area (Å²) in [5.41, 5.74) is 2.35. The number of rotatable bonds is 3. The van der Waals surface area contributed by atoms with E-state index in [-0.39, 0.29) is 17.4 Å². The predicted molar refractivity (Wildman–Crippen MR) is 109 cm³/mol. The summed E-state index contributed by atoms with van der Waals surface area (Å²) in [6.45, 7) is 7.13. The summed E-state index contributed by atoms with van der Waals surface area (Å²) in [5.74, 6) is 0.840. The van der Waals surface area contributed by atoms with Gasteiger partial charge >= 0.3 is 0 Å². The lowest BCUT2D eigenvalue weighted by Crippen LogP contribution is -2.47. The zero-order chi connectivity index (χ0) is 18.8. The van der Waals surface area contributed by atoms with E-state index in [0.717, 1.165) is 34.3 Å². The number of benzene rings is 2. The van der Waals surface area contributed by atoms with Crippen LogP contribution in [0.15, 0.2) is 47.1 Å². The fourth-order valence-corrected chi connectivity index (χ4v) is 5.84. The summed E-state index contributed by atoms with van der Waals surface area (Å²) >= 11 is 0. The first-order chi connectivity index (χ1) is 12.9. The molecule has 3 nitrogen and oxygen atoms in total. The maximum absolute atomic E-state index is 12.9. The van der Waals surface area contributed by atoms with E-state index in [2.05, 4.69) is 44.3 Å². The molecule has 2 aromatic carbocycles. The van der Waals surface area contributed by atoms with E-state index in [4.69, 9.17) is 4.42 Å². The molecule has 2 saturated carbocycles. The van der Waals surface area contributed by atoms with Crippen LogP contribution in [0.2, 0.25) is 0 Å². The van der Waals surface area contributed by atoms with E-state index >= 15 is 0 Å². The Morgan fingerprint density at radius 3 is 2.74 bits per heavy atom. The van der Waals surface area contributed by atoms with Gasteiger partial charge in [-0.1, -0.05) is 51.1 Å². The summed E-state index contributed by atoms with van der Waals surface area (Å²) < 4.78 is 5.75. The van der Waals surface area contributed by atoms with Gasteiger partial charge in [0, 0.05) is 17.0 Å². The van der Waals surface area contributed by atoms with E-state index in [1.165, 1.54) is 18.2 Å². The highest BCUT2D eigenvalue weighted by Gasteiger charge is 2.61. The van der Waals surface area contributed by atoms with Crippen LogP contribution < -0.4 is 5.32 Å². The second-order valence-corrected chi connectivity index (χ2v) is 9.33. The van der Waals surface area contributed by atoms with Gasteiger partial charge in [-0.25, -0.2) is 0 Å². The number of furan rings is 1. The molecule has 2 bridgehead atoms. The number of carbonyl (C=O) groups is 1. The molecule has 1 N–H and O–H groups in total. The van der Waals surface area contributed by atoms with Crippen LogP contribution >= 0.6 is 0 Å². The smallest absolute Gasteiger partial charge is 0.224 e. The molecule has 2 aliphatic rings. The van der Waals surface area contributed by atoms with Crippen molar-refractivity contribution in [1.82, 2.24) is 5.32 Å². The fourth-order valence-electron chi connectivity index (χ4n) is 5.84. The highest BCUT2D eigenvalue weighted by atomic mass is 16.3. The minimum absolute atomic E-state index is 0.111. The van der Waals surface area contributed by atoms with Crippen LogP contribution in [-0.4, -0.2) is 11.9 Å². The zero-order valence-corrected chi connectivity index (χ0v) is 16.3. The second-order valence-electron chi connectivity index (χ2n) is 9.33. The summed E-state index contributed by atoms with van der Waals surface area (Å²) in [5, 5.41) is 6.78. The molecular weight excluding hydrogens is 334 g/mol. The molecule has 3 atom stereocenters. The number of fused-ring (bicyclic) bond motifs is 5. The molecule has 0 saturated heterocycles. The Morgan fingerprint density at radius 2 is 2.00 bits per heavy atom. The fraction of sp³-hybridized carbons (Fsp3) is 0.458. The molecule has 2 fully saturated rings. The lowest BCUT2D eigenvalue weighted by molar-refractivity contribution is -0.122. The van der Waals surface area contributed by atoms with Crippen LogP contribution in [0, 0.1) is 16.7 Å². The van der Waals surface area contributed by atoms with E-state index in [1.807, 2.05) is 18.2 Å². The molecule has 2 aliphatic carbocycles. The third kappa shape index (κ3) is 2.30. The summed E-state index contributed by atoms with van der Waals surface area (Å²) in [6, 6.07) is 12.6. The molecule has 1 amide bonds. The summed E-state index contributed by atoms with van der Waals surface area (Å²) in [4.78, 5) is 12.9. The number of carbonyl (C=O) groups excluding carboxylic acids is 1. The van der Waals surface area contributed by atoms with Crippen molar-refractivity contribution in [3.8, 4) is 0 Å². The van der Waals surface area contributed by atoms with Gasteiger partial charge in [0.1, 0.15) is 5.58 Å². The quantitative estimate of drug-likeness (QED) is 0.673. The van der Waals surface area contributed by atoms with E-state index in [0.29, 0.717) is 11.8 Å². The van der Waals surface area contributed by atoms with Crippen molar-refractivity contribution in [3.05, 3.63) is 48.2 Å². The molecule has 140 valence electrons. The zero-order valence-electron chi connectivity index (χ0n) is 16.3. The molecule has 5 rings (SSSR count). The van der Waals surface area contributed by atoms with Gasteiger partial charge in [0.05, 0.1) is 12.7 Å². The molecular formula is C24H27NO2. The number of nitrogens with one attached hydrogen (secondary N) is 1. The highest BCUT2D eigenvalue weighted by Crippen LogP contribution is 2.65. The monoisotopic (exact) mass is 361 g/mol. The van der Waals surface area contributed by atoms with E-state index in [9.17, 15) is 4.79 Å². The van der Waals surface area contributed by atoms with Crippen LogP contribution in [0.3, 0.4) is 0 Å². The third-order valence-electron chi connectivity index (χ3n) is 8.02. The van der Waals surface area contributed by atoms with Gasteiger partial charge in [0.2, 0.25) is 5.91 Å². The lowest BCUT2D eigenvalue weighted by Gasteiger charge is -2.39. The van der Waals surface area contributed by atoms with Crippen molar-refractivity contribution in [2.75, 3.05) is 0 Å². The molecule has 3 unspecified atom stereocenters. The minimum Gasteiger partial charge on any atom is -0.464 e. The average molecular weight is 361 g/mol. The van der Waals surface area contributed by atoms with Crippen molar-refractivity contribution < 1.29 is 9.21 Å². The van der Waals surface area contributed by atoms with Gasteiger partial charge < -0.3 is 9.73 Å². The average Bonchev–Trinajstić information content (AvgIpc) is 3.21. The van der Waals surface area contributed by atoms with Crippen molar-refractivity contribution in [3.63, 3.8) is 0 Å². The van der Waals surface area contributed by atoms with Crippen LogP contribution in [0.1, 0.15) is 45.6 Å². The molecule has 1 heterocycles. The molecule has 3 aromatic rings. The normalized spacial score (nSPS) is 28.9. The van der Waals surface area contributed by atoms with Crippen LogP contribution in [-0.2, 0) is 11.2 Å². The summed E-state index contributed by atoms with van der Waals surface area (Å²) in [6.07, 6.45) is 5.76. The maximum atomic E-state index is 12.9. The first kappa shape index (κ1) is 16.9. The van der Waals surface area contributed by atoms with Crippen LogP contribution in [0.25, 0.3) is 21.7 Å². The van der Waals surface area contributed by atoms with Gasteiger partial charge in [0.25, 0.3) is 0 Å². The highest BCUT2D eigenvalue weighted by molar-refractivity contribution is 6.08. The molecule has 27 heavy (non-hydrogen) atoms. The number of amides is 1. The van der Waals surface area contributed by atoms with Crippen molar-refractivity contribution >= 4 is 27.6 Å². The van der Waals surface area contributed by atoms with Crippen molar-refractivity contribution in [2.24, 2.45) is 16.7 Å². The van der Waals surface area contributed by atoms with E-state index in [1.54, 1.807) is 6.26 Å². The Bertz CT molecular complexity index is 1050. The van der Waals surface area contributed by atoms with Gasteiger partial charge in [-0.05, 0) is 52.8 Å². The Kier molecular flexibility index (Phi) is 3.50. The first-order valence-corrected chi connectivity index (χ1v) is 10.1. The lowest BCUT2D eigenvalue weighted by atomic mass is 9.69. The Balaban J connectivity index is 1.42. The maximum Gasteiger partial charge on any atom is 0.224 e. The van der Waals surface area contributed by atoms with Gasteiger partial charge in [-0.3, -0.25) is 4.79 Å². The second kappa shape index (κ2) is 5.60. The Morgan fingerprint density at radius 1 is 1.19 bits per heavy atom. The minimum atomic E-state index is 0.111. The summed E-state index contributed by atoms with van der Waals surface area (Å²) in [7, 11) is 0. The van der Waals surface area contributed by atoms with Gasteiger partial charge in [-0.2, -0.15) is 0 Å². The van der Waals surface area contributed by atoms with Crippen LogP contribution in [0.4, 0.5) is 0 Å². The molecule has 0 aliphatic heterocycles. The molecule has 0 radical (unpaired) electrons. The number of hydrogen-bond acceptors (Lipinski definition) is 2. The SMILES string of the molecule is CC1(C)C2CCC1(C)C(NC(=O)Cc1coc3ccc4ccccc4c13)C2. The first-order valence-electron chi connectivity index (χ1n) is 10.1.